The first-order chi connectivity index (χ1) is 11.0. The number of ether oxygens (including phenoxy) is 1. The Balaban J connectivity index is 1.87. The maximum Gasteiger partial charge on any atom is 0.328 e. The Hall–Kier alpha value is -2.87. The van der Waals surface area contributed by atoms with Gasteiger partial charge in [-0.1, -0.05) is 23.7 Å². The van der Waals surface area contributed by atoms with Crippen LogP contribution in [0.1, 0.15) is 0 Å². The van der Waals surface area contributed by atoms with E-state index in [9.17, 15) is 19.2 Å². The summed E-state index contributed by atoms with van der Waals surface area (Å²) in [6, 6.07) is 7.70. The van der Waals surface area contributed by atoms with Crippen molar-refractivity contribution in [3.63, 3.8) is 0 Å². The third-order valence-corrected chi connectivity index (χ3v) is 3.04. The first-order valence-electron chi connectivity index (χ1n) is 6.45. The van der Waals surface area contributed by atoms with Gasteiger partial charge in [0.25, 0.3) is 11.5 Å². The molecule has 0 spiro atoms. The average molecular weight is 338 g/mol. The summed E-state index contributed by atoms with van der Waals surface area (Å²) in [5, 5.41) is 2.84. The number of carbonyl (C=O) groups is 2. The number of H-pyrrole nitrogens is 1. The fourth-order valence-corrected chi connectivity index (χ4v) is 1.83. The molecule has 0 atom stereocenters. The molecule has 0 aliphatic rings. The van der Waals surface area contributed by atoms with Crippen LogP contribution in [-0.4, -0.2) is 28.0 Å². The lowest BCUT2D eigenvalue weighted by Gasteiger charge is -2.08. The van der Waals surface area contributed by atoms with Crippen LogP contribution in [0, 0.1) is 0 Å². The van der Waals surface area contributed by atoms with E-state index in [1.807, 2.05) is 4.98 Å². The van der Waals surface area contributed by atoms with Gasteiger partial charge in [0.1, 0.15) is 6.54 Å². The lowest BCUT2D eigenvalue weighted by atomic mass is 10.3. The molecule has 0 radical (unpaired) electrons. The summed E-state index contributed by atoms with van der Waals surface area (Å²) in [5.41, 5.74) is -0.916. The molecule has 0 bridgehead atoms. The van der Waals surface area contributed by atoms with Gasteiger partial charge in [-0.2, -0.15) is 0 Å². The van der Waals surface area contributed by atoms with E-state index in [0.717, 1.165) is 16.8 Å². The van der Waals surface area contributed by atoms with Crippen molar-refractivity contribution in [1.82, 2.24) is 9.55 Å². The van der Waals surface area contributed by atoms with Gasteiger partial charge in [0.15, 0.2) is 6.61 Å². The van der Waals surface area contributed by atoms with E-state index in [-0.39, 0.29) is 0 Å². The standard InChI is InChI=1S/C14H12ClN3O5/c15-9-3-1-2-4-10(9)16-12(20)8-23-13(21)7-18-6-5-11(19)17-14(18)22/h1-6H,7-8H2,(H,16,20)(H,17,19,22). The zero-order valence-corrected chi connectivity index (χ0v) is 12.5. The first-order valence-corrected chi connectivity index (χ1v) is 6.83. The maximum atomic E-state index is 11.7. The molecule has 1 aromatic carbocycles. The quantitative estimate of drug-likeness (QED) is 0.766. The second kappa shape index (κ2) is 7.41. The molecule has 0 aliphatic carbocycles. The number of esters is 1. The summed E-state index contributed by atoms with van der Waals surface area (Å²) in [5.74, 6) is -1.37. The molecule has 8 nitrogen and oxygen atoms in total. The van der Waals surface area contributed by atoms with Crippen LogP contribution in [0.4, 0.5) is 5.69 Å². The predicted molar refractivity (Wildman–Crippen MR) is 82.4 cm³/mol. The summed E-state index contributed by atoms with van der Waals surface area (Å²) < 4.78 is 5.71. The van der Waals surface area contributed by atoms with Crippen molar-refractivity contribution in [2.24, 2.45) is 0 Å². The van der Waals surface area contributed by atoms with Gasteiger partial charge >= 0.3 is 11.7 Å². The summed E-state index contributed by atoms with van der Waals surface area (Å²) in [7, 11) is 0. The molecule has 120 valence electrons. The Morgan fingerprint density at radius 2 is 1.96 bits per heavy atom. The number of nitrogens with one attached hydrogen (secondary N) is 2. The Labute approximate surface area is 134 Å². The van der Waals surface area contributed by atoms with Gasteiger partial charge in [-0.15, -0.1) is 0 Å². The number of halogens is 1. The van der Waals surface area contributed by atoms with Gasteiger partial charge in [-0.3, -0.25) is 23.9 Å². The number of carbonyl (C=O) groups excluding carboxylic acids is 2. The van der Waals surface area contributed by atoms with Crippen molar-refractivity contribution < 1.29 is 14.3 Å². The summed E-state index contributed by atoms with van der Waals surface area (Å²) >= 11 is 5.88. The van der Waals surface area contributed by atoms with Gasteiger partial charge in [0.05, 0.1) is 10.7 Å². The molecule has 1 heterocycles. The number of hydrogen-bond acceptors (Lipinski definition) is 5. The van der Waals surface area contributed by atoms with Gasteiger partial charge in [0.2, 0.25) is 0 Å². The minimum absolute atomic E-state index is 0.354. The first kappa shape index (κ1) is 16.5. The number of para-hydroxylation sites is 1. The topological polar surface area (TPSA) is 110 Å². The number of aromatic amines is 1. The van der Waals surface area contributed by atoms with Gasteiger partial charge < -0.3 is 10.1 Å². The van der Waals surface area contributed by atoms with Crippen LogP contribution < -0.4 is 16.6 Å². The SMILES string of the molecule is O=C(COC(=O)Cn1ccc(=O)[nH]c1=O)Nc1ccccc1Cl. The van der Waals surface area contributed by atoms with Crippen LogP contribution >= 0.6 is 11.6 Å². The van der Waals surface area contributed by atoms with Gasteiger partial charge in [-0.25, -0.2) is 4.79 Å². The molecule has 1 aromatic heterocycles. The van der Waals surface area contributed by atoms with Crippen LogP contribution in [0.15, 0.2) is 46.1 Å². The highest BCUT2D eigenvalue weighted by Crippen LogP contribution is 2.20. The van der Waals surface area contributed by atoms with Crippen molar-refractivity contribution in [3.8, 4) is 0 Å². The summed E-state index contributed by atoms with van der Waals surface area (Å²) in [6.45, 7) is -0.947. The van der Waals surface area contributed by atoms with E-state index in [2.05, 4.69) is 5.32 Å². The Bertz CT molecular complexity index is 843. The lowest BCUT2D eigenvalue weighted by molar-refractivity contribution is -0.148. The smallest absolute Gasteiger partial charge is 0.328 e. The van der Waals surface area contributed by atoms with E-state index in [0.29, 0.717) is 10.7 Å². The number of benzene rings is 1. The van der Waals surface area contributed by atoms with Crippen LogP contribution in [0.25, 0.3) is 0 Å². The van der Waals surface area contributed by atoms with Crippen molar-refractivity contribution in [2.75, 3.05) is 11.9 Å². The molecule has 23 heavy (non-hydrogen) atoms. The van der Waals surface area contributed by atoms with Crippen LogP contribution in [0.2, 0.25) is 5.02 Å². The summed E-state index contributed by atoms with van der Waals surface area (Å²) in [4.78, 5) is 47.6. The number of amides is 1. The lowest BCUT2D eigenvalue weighted by Crippen LogP contribution is -2.32. The molecule has 2 rings (SSSR count). The Morgan fingerprint density at radius 1 is 1.22 bits per heavy atom. The molecule has 0 aliphatic heterocycles. The fourth-order valence-electron chi connectivity index (χ4n) is 1.65. The molecular weight excluding hydrogens is 326 g/mol. The molecule has 9 heteroatoms. The minimum atomic E-state index is -0.798. The van der Waals surface area contributed by atoms with E-state index >= 15 is 0 Å². The van der Waals surface area contributed by atoms with E-state index in [4.69, 9.17) is 16.3 Å². The van der Waals surface area contributed by atoms with Crippen LogP contribution in [-0.2, 0) is 20.9 Å². The molecule has 2 aromatic rings. The highest BCUT2D eigenvalue weighted by atomic mass is 35.5. The molecule has 1 amide bonds. The van der Waals surface area contributed by atoms with Crippen molar-refractivity contribution in [1.29, 1.82) is 0 Å². The highest BCUT2D eigenvalue weighted by molar-refractivity contribution is 6.33. The Kier molecular flexibility index (Phi) is 5.32. The van der Waals surface area contributed by atoms with Crippen molar-refractivity contribution in [2.45, 2.75) is 6.54 Å². The van der Waals surface area contributed by atoms with Crippen molar-refractivity contribution in [3.05, 3.63) is 62.4 Å². The zero-order chi connectivity index (χ0) is 16.8. The summed E-state index contributed by atoms with van der Waals surface area (Å²) in [6.07, 6.45) is 1.16. The number of aromatic nitrogens is 2. The largest absolute Gasteiger partial charge is 0.454 e. The second-order valence-electron chi connectivity index (χ2n) is 4.43. The van der Waals surface area contributed by atoms with Crippen molar-refractivity contribution >= 4 is 29.2 Å². The van der Waals surface area contributed by atoms with E-state index in [1.165, 1.54) is 0 Å². The molecule has 0 saturated heterocycles. The van der Waals surface area contributed by atoms with Crippen LogP contribution in [0.5, 0.6) is 0 Å². The number of nitrogens with zero attached hydrogens (tertiary/aromatic N) is 1. The Morgan fingerprint density at radius 3 is 2.65 bits per heavy atom. The molecule has 0 unspecified atom stereocenters. The second-order valence-corrected chi connectivity index (χ2v) is 4.83. The predicted octanol–water partition coefficient (Wildman–Crippen LogP) is 0.372. The molecule has 2 N–H and O–H groups in total. The third-order valence-electron chi connectivity index (χ3n) is 2.71. The van der Waals surface area contributed by atoms with E-state index in [1.54, 1.807) is 24.3 Å². The molecule has 0 saturated carbocycles. The normalized spacial score (nSPS) is 10.1. The fraction of sp³-hybridized carbons (Fsp3) is 0.143. The third kappa shape index (κ3) is 4.82. The van der Waals surface area contributed by atoms with E-state index < -0.39 is 36.3 Å². The highest BCUT2D eigenvalue weighted by Gasteiger charge is 2.10. The minimum Gasteiger partial charge on any atom is -0.454 e. The molecule has 0 fully saturated rings. The molecular formula is C14H12ClN3O5. The zero-order valence-electron chi connectivity index (χ0n) is 11.7. The number of rotatable bonds is 5. The van der Waals surface area contributed by atoms with Gasteiger partial charge in [-0.05, 0) is 12.1 Å². The average Bonchev–Trinajstić information content (AvgIpc) is 2.50. The van der Waals surface area contributed by atoms with Crippen LogP contribution in [0.3, 0.4) is 0 Å². The monoisotopic (exact) mass is 337 g/mol. The number of anilines is 1. The van der Waals surface area contributed by atoms with Gasteiger partial charge in [0, 0.05) is 12.3 Å². The number of hydrogen-bond donors (Lipinski definition) is 2. The maximum absolute atomic E-state index is 11.7.